The Morgan fingerprint density at radius 3 is 2.72 bits per heavy atom. The molecule has 0 bridgehead atoms. The predicted molar refractivity (Wildman–Crippen MR) is 127 cm³/mol. The largest absolute Gasteiger partial charge is 0.460 e. The van der Waals surface area contributed by atoms with Crippen LogP contribution in [0.5, 0.6) is 0 Å². The van der Waals surface area contributed by atoms with Gasteiger partial charge in [0.05, 0.1) is 21.7 Å². The number of carbonyl (C=O) groups excluding carboxylic acids is 2. The number of rotatable bonds is 6. The van der Waals surface area contributed by atoms with Crippen molar-refractivity contribution in [2.45, 2.75) is 46.1 Å². The van der Waals surface area contributed by atoms with Gasteiger partial charge in [-0.25, -0.2) is 14.6 Å². The Kier molecular flexibility index (Phi) is 6.89. The summed E-state index contributed by atoms with van der Waals surface area (Å²) < 4.78 is 11.2. The summed E-state index contributed by atoms with van der Waals surface area (Å²) in [4.78, 5) is 31.1. The number of pyridine rings is 1. The SMILES string of the molecule is CC1CCC(C(C)C)C(OC(=O)COC(=O)c2cc(-c3cccs3)nc3ccccc23)C1. The zero-order valence-electron chi connectivity index (χ0n) is 18.7. The molecule has 2 aromatic heterocycles. The molecule has 2 heterocycles. The van der Waals surface area contributed by atoms with Gasteiger partial charge in [-0.15, -0.1) is 11.3 Å². The smallest absolute Gasteiger partial charge is 0.344 e. The van der Waals surface area contributed by atoms with Gasteiger partial charge in [0.15, 0.2) is 6.61 Å². The van der Waals surface area contributed by atoms with Gasteiger partial charge in [-0.2, -0.15) is 0 Å². The maximum atomic E-state index is 12.9. The fraction of sp³-hybridized carbons (Fsp3) is 0.423. The van der Waals surface area contributed by atoms with Gasteiger partial charge in [0.2, 0.25) is 0 Å². The number of benzene rings is 1. The highest BCUT2D eigenvalue weighted by molar-refractivity contribution is 7.13. The van der Waals surface area contributed by atoms with E-state index in [-0.39, 0.29) is 12.7 Å². The lowest BCUT2D eigenvalue weighted by atomic mass is 9.75. The monoisotopic (exact) mass is 451 g/mol. The highest BCUT2D eigenvalue weighted by atomic mass is 32.1. The molecule has 0 saturated heterocycles. The number of esters is 2. The van der Waals surface area contributed by atoms with Gasteiger partial charge in [0, 0.05) is 5.39 Å². The van der Waals surface area contributed by atoms with Crippen LogP contribution >= 0.6 is 11.3 Å². The van der Waals surface area contributed by atoms with E-state index < -0.39 is 11.9 Å². The molecule has 0 N–H and O–H groups in total. The van der Waals surface area contributed by atoms with Crippen molar-refractivity contribution in [2.75, 3.05) is 6.61 Å². The van der Waals surface area contributed by atoms with Crippen molar-refractivity contribution >= 4 is 34.2 Å². The first-order chi connectivity index (χ1) is 15.4. The van der Waals surface area contributed by atoms with Crippen LogP contribution < -0.4 is 0 Å². The lowest BCUT2D eigenvalue weighted by Gasteiger charge is -2.36. The molecular formula is C26H29NO4S. The Morgan fingerprint density at radius 1 is 1.16 bits per heavy atom. The van der Waals surface area contributed by atoms with E-state index in [2.05, 4.69) is 25.8 Å². The summed E-state index contributed by atoms with van der Waals surface area (Å²) in [6, 6.07) is 13.1. The Labute approximate surface area is 192 Å². The van der Waals surface area contributed by atoms with Crippen molar-refractivity contribution in [3.8, 4) is 10.6 Å². The molecule has 3 atom stereocenters. The third-order valence-electron chi connectivity index (χ3n) is 6.27. The maximum Gasteiger partial charge on any atom is 0.344 e. The van der Waals surface area contributed by atoms with E-state index in [1.807, 2.05) is 41.8 Å². The third-order valence-corrected chi connectivity index (χ3v) is 7.17. The highest BCUT2D eigenvalue weighted by Crippen LogP contribution is 2.35. The molecular weight excluding hydrogens is 422 g/mol. The summed E-state index contributed by atoms with van der Waals surface area (Å²) in [6.07, 6.45) is 2.97. The second-order valence-corrected chi connectivity index (χ2v) is 9.93. The Hall–Kier alpha value is -2.73. The first kappa shape index (κ1) is 22.5. The summed E-state index contributed by atoms with van der Waals surface area (Å²) in [5.41, 5.74) is 1.83. The van der Waals surface area contributed by atoms with Crippen molar-refractivity contribution in [1.82, 2.24) is 4.98 Å². The van der Waals surface area contributed by atoms with Gasteiger partial charge < -0.3 is 9.47 Å². The maximum absolute atomic E-state index is 12.9. The second-order valence-electron chi connectivity index (χ2n) is 8.98. The van der Waals surface area contributed by atoms with Gasteiger partial charge in [-0.05, 0) is 54.2 Å². The summed E-state index contributed by atoms with van der Waals surface area (Å²) >= 11 is 1.56. The van der Waals surface area contributed by atoms with Gasteiger partial charge >= 0.3 is 11.9 Å². The van der Waals surface area contributed by atoms with Crippen LogP contribution in [0, 0.1) is 17.8 Å². The van der Waals surface area contributed by atoms with E-state index in [1.54, 1.807) is 17.4 Å². The molecule has 32 heavy (non-hydrogen) atoms. The average molecular weight is 452 g/mol. The van der Waals surface area contributed by atoms with E-state index in [4.69, 9.17) is 9.47 Å². The fourth-order valence-electron chi connectivity index (χ4n) is 4.55. The van der Waals surface area contributed by atoms with E-state index in [0.717, 1.165) is 24.1 Å². The first-order valence-electron chi connectivity index (χ1n) is 11.2. The zero-order chi connectivity index (χ0) is 22.7. The Morgan fingerprint density at radius 2 is 1.97 bits per heavy atom. The molecule has 3 aromatic rings. The topological polar surface area (TPSA) is 65.5 Å². The van der Waals surface area contributed by atoms with Crippen molar-refractivity contribution in [2.24, 2.45) is 17.8 Å². The molecule has 1 aromatic carbocycles. The normalized spacial score (nSPS) is 20.9. The molecule has 5 nitrogen and oxygen atoms in total. The lowest BCUT2D eigenvalue weighted by Crippen LogP contribution is -2.36. The Bertz CT molecular complexity index is 1090. The van der Waals surface area contributed by atoms with Crippen LogP contribution in [0.25, 0.3) is 21.5 Å². The van der Waals surface area contributed by atoms with Crippen LogP contribution in [0.15, 0.2) is 47.8 Å². The van der Waals surface area contributed by atoms with Crippen LogP contribution in [-0.2, 0) is 14.3 Å². The minimum Gasteiger partial charge on any atom is -0.460 e. The molecule has 6 heteroatoms. The number of thiophene rings is 1. The predicted octanol–water partition coefficient (Wildman–Crippen LogP) is 6.12. The van der Waals surface area contributed by atoms with Gasteiger partial charge in [0.25, 0.3) is 0 Å². The fourth-order valence-corrected chi connectivity index (χ4v) is 5.24. The van der Waals surface area contributed by atoms with Crippen LogP contribution in [0.2, 0.25) is 0 Å². The van der Waals surface area contributed by atoms with Crippen LogP contribution in [0.3, 0.4) is 0 Å². The van der Waals surface area contributed by atoms with Crippen molar-refractivity contribution in [1.29, 1.82) is 0 Å². The van der Waals surface area contributed by atoms with Gasteiger partial charge in [-0.1, -0.05) is 51.5 Å². The molecule has 168 valence electrons. The number of aromatic nitrogens is 1. The van der Waals surface area contributed by atoms with E-state index in [9.17, 15) is 9.59 Å². The highest BCUT2D eigenvalue weighted by Gasteiger charge is 2.33. The number of fused-ring (bicyclic) bond motifs is 1. The molecule has 1 fully saturated rings. The van der Waals surface area contributed by atoms with Gasteiger partial charge in [0.1, 0.15) is 6.10 Å². The minimum atomic E-state index is -0.546. The second kappa shape index (κ2) is 9.82. The number of para-hydroxylation sites is 1. The quantitative estimate of drug-likeness (QED) is 0.422. The molecule has 0 aliphatic heterocycles. The standard InChI is InChI=1S/C26H29NO4S/c1-16(2)18-11-10-17(3)13-23(18)31-25(28)15-30-26(29)20-14-22(24-9-6-12-32-24)27-21-8-5-4-7-19(20)21/h4-9,12,14,16-18,23H,10-11,13,15H2,1-3H3. The number of hydrogen-bond donors (Lipinski definition) is 0. The number of nitrogens with zero attached hydrogens (tertiary/aromatic N) is 1. The summed E-state index contributed by atoms with van der Waals surface area (Å²) in [5, 5.41) is 2.67. The van der Waals surface area contributed by atoms with E-state index in [0.29, 0.717) is 39.9 Å². The van der Waals surface area contributed by atoms with Crippen LogP contribution in [0.1, 0.15) is 50.4 Å². The molecule has 0 spiro atoms. The molecule has 0 amide bonds. The van der Waals surface area contributed by atoms with E-state index >= 15 is 0 Å². The molecule has 0 radical (unpaired) electrons. The molecule has 4 rings (SSSR count). The first-order valence-corrected chi connectivity index (χ1v) is 12.1. The van der Waals surface area contributed by atoms with E-state index in [1.165, 1.54) is 0 Å². The summed E-state index contributed by atoms with van der Waals surface area (Å²) in [7, 11) is 0. The van der Waals surface area contributed by atoms with Gasteiger partial charge in [-0.3, -0.25) is 0 Å². The molecule has 1 saturated carbocycles. The molecule has 3 unspecified atom stereocenters. The average Bonchev–Trinajstić information content (AvgIpc) is 3.31. The number of hydrogen-bond acceptors (Lipinski definition) is 6. The Balaban J connectivity index is 1.47. The van der Waals surface area contributed by atoms with Crippen molar-refractivity contribution in [3.05, 3.63) is 53.4 Å². The van der Waals surface area contributed by atoms with Crippen LogP contribution in [0.4, 0.5) is 0 Å². The molecule has 1 aliphatic rings. The summed E-state index contributed by atoms with van der Waals surface area (Å²) in [6.45, 7) is 6.14. The van der Waals surface area contributed by atoms with Crippen molar-refractivity contribution in [3.63, 3.8) is 0 Å². The van der Waals surface area contributed by atoms with Crippen LogP contribution in [-0.4, -0.2) is 29.6 Å². The molecule has 1 aliphatic carbocycles. The number of carbonyl (C=O) groups is 2. The lowest BCUT2D eigenvalue weighted by molar-refractivity contribution is -0.159. The third kappa shape index (κ3) is 5.01. The number of ether oxygens (including phenoxy) is 2. The minimum absolute atomic E-state index is 0.114. The zero-order valence-corrected chi connectivity index (χ0v) is 19.6. The summed E-state index contributed by atoms with van der Waals surface area (Å²) in [5.74, 6) is 0.296. The van der Waals surface area contributed by atoms with Crippen molar-refractivity contribution < 1.29 is 19.1 Å².